The average molecular weight is 375 g/mol. The second-order valence-electron chi connectivity index (χ2n) is 6.34. The van der Waals surface area contributed by atoms with Crippen LogP contribution in [0.2, 0.25) is 0 Å². The predicted molar refractivity (Wildman–Crippen MR) is 99.1 cm³/mol. The zero-order valence-electron chi connectivity index (χ0n) is 14.8. The van der Waals surface area contributed by atoms with E-state index in [1.165, 1.54) is 18.4 Å². The van der Waals surface area contributed by atoms with Gasteiger partial charge in [0, 0.05) is 25.9 Å². The smallest absolute Gasteiger partial charge is 0.305 e. The van der Waals surface area contributed by atoms with Crippen LogP contribution in [-0.2, 0) is 19.1 Å². The number of methoxy groups -OCH3 is 1. The van der Waals surface area contributed by atoms with Crippen molar-refractivity contribution in [2.75, 3.05) is 25.1 Å². The summed E-state index contributed by atoms with van der Waals surface area (Å²) in [5, 5.41) is 3.42. The number of amides is 2. The summed E-state index contributed by atoms with van der Waals surface area (Å²) >= 11 is 1.46. The van der Waals surface area contributed by atoms with Crippen LogP contribution in [0.25, 0.3) is 10.2 Å². The maximum atomic E-state index is 12.3. The van der Waals surface area contributed by atoms with E-state index in [1.54, 1.807) is 4.90 Å². The van der Waals surface area contributed by atoms with Gasteiger partial charge in [-0.2, -0.15) is 0 Å². The fourth-order valence-corrected chi connectivity index (χ4v) is 3.98. The van der Waals surface area contributed by atoms with Crippen LogP contribution in [0.4, 0.5) is 5.13 Å². The molecule has 3 rings (SSSR count). The zero-order chi connectivity index (χ0) is 18.7. The van der Waals surface area contributed by atoms with E-state index < -0.39 is 5.92 Å². The molecule has 26 heavy (non-hydrogen) atoms. The highest BCUT2D eigenvalue weighted by Gasteiger charge is 2.36. The maximum Gasteiger partial charge on any atom is 0.305 e. The lowest BCUT2D eigenvalue weighted by molar-refractivity contribution is -0.140. The molecule has 1 unspecified atom stereocenters. The predicted octanol–water partition coefficient (Wildman–Crippen LogP) is 2.03. The van der Waals surface area contributed by atoms with Crippen LogP contribution >= 0.6 is 11.3 Å². The molecule has 1 aliphatic heterocycles. The summed E-state index contributed by atoms with van der Waals surface area (Å²) in [6.45, 7) is 2.74. The van der Waals surface area contributed by atoms with Crippen molar-refractivity contribution in [1.29, 1.82) is 0 Å². The molecule has 1 aromatic carbocycles. The number of thiazole rings is 1. The lowest BCUT2D eigenvalue weighted by atomic mass is 10.1. The number of carbonyl (C=O) groups is 3. The molecule has 1 fully saturated rings. The summed E-state index contributed by atoms with van der Waals surface area (Å²) in [6.07, 6.45) is 0.954. The van der Waals surface area contributed by atoms with Crippen molar-refractivity contribution in [3.05, 3.63) is 23.8 Å². The number of nitrogens with zero attached hydrogens (tertiary/aromatic N) is 2. The van der Waals surface area contributed by atoms with Gasteiger partial charge in [0.05, 0.1) is 23.2 Å². The van der Waals surface area contributed by atoms with Gasteiger partial charge in [-0.3, -0.25) is 19.3 Å². The van der Waals surface area contributed by atoms with Crippen LogP contribution < -0.4 is 10.2 Å². The standard InChI is InChI=1S/C18H21N3O4S/c1-11-5-6-13-14(8-11)26-18(20-13)21-10-12(9-15(21)22)17(24)19-7-3-4-16(23)25-2/h5-6,8,12H,3-4,7,9-10H2,1-2H3,(H,19,24). The number of hydrogen-bond acceptors (Lipinski definition) is 6. The van der Waals surface area contributed by atoms with E-state index >= 15 is 0 Å². The lowest BCUT2D eigenvalue weighted by Gasteiger charge is -2.13. The highest BCUT2D eigenvalue weighted by molar-refractivity contribution is 7.22. The van der Waals surface area contributed by atoms with Gasteiger partial charge in [-0.25, -0.2) is 4.98 Å². The van der Waals surface area contributed by atoms with Crippen molar-refractivity contribution in [3.63, 3.8) is 0 Å². The van der Waals surface area contributed by atoms with E-state index in [0.717, 1.165) is 15.8 Å². The van der Waals surface area contributed by atoms with Crippen molar-refractivity contribution in [3.8, 4) is 0 Å². The Hall–Kier alpha value is -2.48. The quantitative estimate of drug-likeness (QED) is 0.616. The van der Waals surface area contributed by atoms with Crippen molar-refractivity contribution in [2.24, 2.45) is 5.92 Å². The highest BCUT2D eigenvalue weighted by atomic mass is 32.1. The molecule has 1 atom stereocenters. The Morgan fingerprint density at radius 3 is 3.00 bits per heavy atom. The first-order valence-corrected chi connectivity index (χ1v) is 9.31. The molecule has 8 heteroatoms. The molecule has 7 nitrogen and oxygen atoms in total. The van der Waals surface area contributed by atoms with Gasteiger partial charge in [0.1, 0.15) is 0 Å². The van der Waals surface area contributed by atoms with Crippen LogP contribution in [-0.4, -0.2) is 43.0 Å². The van der Waals surface area contributed by atoms with Gasteiger partial charge >= 0.3 is 5.97 Å². The number of ether oxygens (including phenoxy) is 1. The summed E-state index contributed by atoms with van der Waals surface area (Å²) in [4.78, 5) is 41.8. The Balaban J connectivity index is 1.59. The maximum absolute atomic E-state index is 12.3. The zero-order valence-corrected chi connectivity index (χ0v) is 15.6. The number of carbonyl (C=O) groups excluding carboxylic acids is 3. The minimum atomic E-state index is -0.394. The third-order valence-corrected chi connectivity index (χ3v) is 5.39. The fourth-order valence-electron chi connectivity index (χ4n) is 2.89. The molecule has 0 spiro atoms. The summed E-state index contributed by atoms with van der Waals surface area (Å²) in [5.41, 5.74) is 2.00. The second-order valence-corrected chi connectivity index (χ2v) is 7.35. The van der Waals surface area contributed by atoms with Crippen LogP contribution in [0.3, 0.4) is 0 Å². The molecular formula is C18H21N3O4S. The SMILES string of the molecule is COC(=O)CCCNC(=O)C1CC(=O)N(c2nc3ccc(C)cc3s2)C1. The van der Waals surface area contributed by atoms with Crippen LogP contribution in [0, 0.1) is 12.8 Å². The van der Waals surface area contributed by atoms with Crippen molar-refractivity contribution < 1.29 is 19.1 Å². The third-order valence-electron chi connectivity index (χ3n) is 4.34. The lowest BCUT2D eigenvalue weighted by Crippen LogP contribution is -2.33. The monoisotopic (exact) mass is 375 g/mol. The van der Waals surface area contributed by atoms with E-state index in [4.69, 9.17) is 0 Å². The van der Waals surface area contributed by atoms with E-state index in [2.05, 4.69) is 15.0 Å². The number of benzene rings is 1. The number of hydrogen-bond donors (Lipinski definition) is 1. The molecule has 1 aromatic heterocycles. The first kappa shape index (κ1) is 18.3. The van der Waals surface area contributed by atoms with E-state index in [-0.39, 0.29) is 30.6 Å². The normalized spacial score (nSPS) is 16.9. The summed E-state index contributed by atoms with van der Waals surface area (Å²) < 4.78 is 5.59. The summed E-state index contributed by atoms with van der Waals surface area (Å²) in [6, 6.07) is 5.97. The Labute approximate surface area is 155 Å². The molecule has 0 saturated carbocycles. The number of esters is 1. The molecule has 0 aliphatic carbocycles. The number of anilines is 1. The third kappa shape index (κ3) is 4.01. The molecule has 2 aromatic rings. The van der Waals surface area contributed by atoms with Gasteiger partial charge in [0.2, 0.25) is 11.8 Å². The topological polar surface area (TPSA) is 88.6 Å². The average Bonchev–Trinajstić information content (AvgIpc) is 3.20. The molecule has 2 heterocycles. The Morgan fingerprint density at radius 1 is 1.42 bits per heavy atom. The molecule has 0 bridgehead atoms. The highest BCUT2D eigenvalue weighted by Crippen LogP contribution is 2.33. The fraction of sp³-hybridized carbons (Fsp3) is 0.444. The van der Waals surface area contributed by atoms with Crippen molar-refractivity contribution >= 4 is 44.5 Å². The van der Waals surface area contributed by atoms with Crippen LogP contribution in [0.5, 0.6) is 0 Å². The Morgan fingerprint density at radius 2 is 2.23 bits per heavy atom. The van der Waals surface area contributed by atoms with Gasteiger partial charge in [-0.1, -0.05) is 17.4 Å². The molecule has 1 saturated heterocycles. The van der Waals surface area contributed by atoms with Gasteiger partial charge in [0.25, 0.3) is 0 Å². The van der Waals surface area contributed by atoms with Crippen LogP contribution in [0.15, 0.2) is 18.2 Å². The molecule has 2 amide bonds. The van der Waals surface area contributed by atoms with E-state index in [1.807, 2.05) is 25.1 Å². The molecule has 1 N–H and O–H groups in total. The Bertz CT molecular complexity index is 848. The number of aromatic nitrogens is 1. The van der Waals surface area contributed by atoms with Gasteiger partial charge in [0.15, 0.2) is 5.13 Å². The van der Waals surface area contributed by atoms with Crippen LogP contribution in [0.1, 0.15) is 24.8 Å². The van der Waals surface area contributed by atoms with E-state index in [9.17, 15) is 14.4 Å². The summed E-state index contributed by atoms with van der Waals surface area (Å²) in [5.74, 6) is -0.944. The number of fused-ring (bicyclic) bond motifs is 1. The second kappa shape index (κ2) is 7.82. The van der Waals surface area contributed by atoms with Gasteiger partial charge < -0.3 is 10.1 Å². The Kier molecular flexibility index (Phi) is 5.51. The summed E-state index contributed by atoms with van der Waals surface area (Å²) in [7, 11) is 1.34. The van der Waals surface area contributed by atoms with Crippen molar-refractivity contribution in [1.82, 2.24) is 10.3 Å². The van der Waals surface area contributed by atoms with Crippen molar-refractivity contribution in [2.45, 2.75) is 26.2 Å². The molecule has 1 aliphatic rings. The first-order valence-electron chi connectivity index (χ1n) is 8.50. The van der Waals surface area contributed by atoms with E-state index in [0.29, 0.717) is 24.6 Å². The number of rotatable bonds is 6. The van der Waals surface area contributed by atoms with Gasteiger partial charge in [-0.15, -0.1) is 0 Å². The van der Waals surface area contributed by atoms with Gasteiger partial charge in [-0.05, 0) is 31.0 Å². The largest absolute Gasteiger partial charge is 0.469 e. The molecular weight excluding hydrogens is 354 g/mol. The molecule has 138 valence electrons. The first-order chi connectivity index (χ1) is 12.5. The molecule has 0 radical (unpaired) electrons. The number of aryl methyl sites for hydroxylation is 1. The minimum absolute atomic E-state index is 0.0875. The minimum Gasteiger partial charge on any atom is -0.469 e. The number of nitrogens with one attached hydrogen (secondary N) is 1.